The summed E-state index contributed by atoms with van der Waals surface area (Å²) in [6, 6.07) is -2.72. The molecule has 0 aromatic heterocycles. The number of hydrogen-bond acceptors (Lipinski definition) is 3. The summed E-state index contributed by atoms with van der Waals surface area (Å²) in [7, 11) is 0. The molecule has 9 heteroatoms. The van der Waals surface area contributed by atoms with Crippen LogP contribution >= 0.6 is 0 Å². The lowest BCUT2D eigenvalue weighted by molar-refractivity contribution is -0.144. The predicted octanol–water partition coefficient (Wildman–Crippen LogP) is 0.653. The fourth-order valence-corrected chi connectivity index (χ4v) is 2.36. The van der Waals surface area contributed by atoms with E-state index in [4.69, 9.17) is 5.11 Å². The third kappa shape index (κ3) is 3.33. The van der Waals surface area contributed by atoms with E-state index in [2.05, 4.69) is 0 Å². The molecule has 1 saturated heterocycles. The molecule has 114 valence electrons. The Bertz CT molecular complexity index is 411. The van der Waals surface area contributed by atoms with Gasteiger partial charge >= 0.3 is 18.2 Å². The molecule has 6 nitrogen and oxygen atoms in total. The smallest absolute Gasteiger partial charge is 0.406 e. The summed E-state index contributed by atoms with van der Waals surface area (Å²) in [6.45, 7) is -1.65. The lowest BCUT2D eigenvalue weighted by Gasteiger charge is -2.30. The molecule has 1 heterocycles. The van der Waals surface area contributed by atoms with Crippen LogP contribution in [-0.2, 0) is 4.79 Å². The fourth-order valence-electron chi connectivity index (χ4n) is 2.36. The van der Waals surface area contributed by atoms with Gasteiger partial charge in [0.1, 0.15) is 12.6 Å². The molecular weight excluding hydrogens is 281 g/mol. The number of nitrogens with zero attached hydrogens (tertiary/aromatic N) is 2. The van der Waals surface area contributed by atoms with Gasteiger partial charge in [0.15, 0.2) is 0 Å². The van der Waals surface area contributed by atoms with Crippen molar-refractivity contribution >= 4 is 12.0 Å². The largest absolute Gasteiger partial charge is 0.480 e. The fraction of sp³-hybridized carbons (Fsp3) is 0.818. The topological polar surface area (TPSA) is 81.1 Å². The standard InChI is InChI=1S/C11H15F3N2O4/c12-11(13,14)5-16(6-1-2-6)10(20)15-4-7(17)3-8(15)9(18)19/h6-8,17H,1-5H2,(H,18,19)/t7-,8-/m1/s1. The van der Waals surface area contributed by atoms with Crippen LogP contribution in [0.3, 0.4) is 0 Å². The molecule has 2 atom stereocenters. The van der Waals surface area contributed by atoms with E-state index in [-0.39, 0.29) is 13.0 Å². The Morgan fingerprint density at radius 1 is 1.30 bits per heavy atom. The van der Waals surface area contributed by atoms with E-state index in [0.717, 1.165) is 4.90 Å². The average Bonchev–Trinajstić information content (AvgIpc) is 3.06. The van der Waals surface area contributed by atoms with Crippen LogP contribution in [0.5, 0.6) is 0 Å². The zero-order chi connectivity index (χ0) is 15.1. The summed E-state index contributed by atoms with van der Waals surface area (Å²) in [4.78, 5) is 24.6. The van der Waals surface area contributed by atoms with Gasteiger partial charge in [0.25, 0.3) is 0 Å². The number of likely N-dealkylation sites (tertiary alicyclic amines) is 1. The van der Waals surface area contributed by atoms with Crippen molar-refractivity contribution in [1.82, 2.24) is 9.80 Å². The molecule has 0 radical (unpaired) electrons. The number of alkyl halides is 3. The Morgan fingerprint density at radius 2 is 1.90 bits per heavy atom. The van der Waals surface area contributed by atoms with E-state index in [1.54, 1.807) is 0 Å². The Labute approximate surface area is 112 Å². The second-order valence-electron chi connectivity index (χ2n) is 5.15. The van der Waals surface area contributed by atoms with E-state index in [9.17, 15) is 27.9 Å². The van der Waals surface area contributed by atoms with Crippen molar-refractivity contribution in [3.63, 3.8) is 0 Å². The minimum absolute atomic E-state index is 0.161. The van der Waals surface area contributed by atoms with Gasteiger partial charge in [0, 0.05) is 19.0 Å². The SMILES string of the molecule is O=C(O)[C@H]1C[C@@H](O)CN1C(=O)N(CC(F)(F)F)C1CC1. The number of carboxylic acids is 1. The van der Waals surface area contributed by atoms with E-state index in [1.165, 1.54) is 0 Å². The van der Waals surface area contributed by atoms with Gasteiger partial charge in [-0.15, -0.1) is 0 Å². The number of amides is 2. The first-order valence-electron chi connectivity index (χ1n) is 6.24. The van der Waals surface area contributed by atoms with Gasteiger partial charge in [-0.1, -0.05) is 0 Å². The molecular formula is C11H15F3N2O4. The minimum Gasteiger partial charge on any atom is -0.480 e. The maximum atomic E-state index is 12.5. The first kappa shape index (κ1) is 14.9. The number of rotatable bonds is 3. The summed E-state index contributed by atoms with van der Waals surface area (Å²) in [5, 5.41) is 18.4. The highest BCUT2D eigenvalue weighted by molar-refractivity contribution is 5.84. The Morgan fingerprint density at radius 3 is 2.35 bits per heavy atom. The van der Waals surface area contributed by atoms with Gasteiger partial charge in [0.2, 0.25) is 0 Å². The van der Waals surface area contributed by atoms with Crippen LogP contribution in [0.1, 0.15) is 19.3 Å². The molecule has 20 heavy (non-hydrogen) atoms. The number of β-amino-alcohol motifs (C(OH)–C–C–N with tert-alkyl or cyclic N) is 1. The highest BCUT2D eigenvalue weighted by atomic mass is 19.4. The molecule has 2 fully saturated rings. The van der Waals surface area contributed by atoms with Gasteiger partial charge < -0.3 is 20.0 Å². The first-order valence-corrected chi connectivity index (χ1v) is 6.24. The summed E-state index contributed by atoms with van der Waals surface area (Å²) in [6.07, 6.45) is -4.75. The lowest BCUT2D eigenvalue weighted by Crippen LogP contribution is -2.51. The predicted molar refractivity (Wildman–Crippen MR) is 59.9 cm³/mol. The minimum atomic E-state index is -4.53. The molecule has 2 aliphatic rings. The van der Waals surface area contributed by atoms with Crippen molar-refractivity contribution < 1.29 is 33.0 Å². The van der Waals surface area contributed by atoms with Gasteiger partial charge in [-0.05, 0) is 12.8 Å². The van der Waals surface area contributed by atoms with Crippen molar-refractivity contribution in [1.29, 1.82) is 0 Å². The van der Waals surface area contributed by atoms with Crippen molar-refractivity contribution in [3.05, 3.63) is 0 Å². The van der Waals surface area contributed by atoms with Crippen LogP contribution in [0.25, 0.3) is 0 Å². The number of aliphatic hydroxyl groups is 1. The van der Waals surface area contributed by atoms with E-state index < -0.39 is 42.9 Å². The van der Waals surface area contributed by atoms with E-state index in [0.29, 0.717) is 17.7 Å². The van der Waals surface area contributed by atoms with Crippen molar-refractivity contribution in [2.24, 2.45) is 0 Å². The monoisotopic (exact) mass is 296 g/mol. The van der Waals surface area contributed by atoms with Crippen LogP contribution in [0.15, 0.2) is 0 Å². The van der Waals surface area contributed by atoms with E-state index in [1.807, 2.05) is 0 Å². The number of hydrogen-bond donors (Lipinski definition) is 2. The molecule has 1 aliphatic carbocycles. The third-order valence-electron chi connectivity index (χ3n) is 3.39. The zero-order valence-corrected chi connectivity index (χ0v) is 10.5. The van der Waals surface area contributed by atoms with Gasteiger partial charge in [-0.2, -0.15) is 13.2 Å². The second-order valence-corrected chi connectivity index (χ2v) is 5.15. The summed E-state index contributed by atoms with van der Waals surface area (Å²) >= 11 is 0. The van der Waals surface area contributed by atoms with Gasteiger partial charge in [0.05, 0.1) is 6.10 Å². The molecule has 2 amide bonds. The normalized spacial score (nSPS) is 26.7. The summed E-state index contributed by atoms with van der Waals surface area (Å²) < 4.78 is 37.5. The molecule has 0 aromatic rings. The molecule has 2 rings (SSSR count). The summed E-state index contributed by atoms with van der Waals surface area (Å²) in [5.74, 6) is -1.32. The maximum absolute atomic E-state index is 12.5. The number of aliphatic hydroxyl groups excluding tert-OH is 1. The molecule has 1 aliphatic heterocycles. The molecule has 0 aromatic carbocycles. The van der Waals surface area contributed by atoms with E-state index >= 15 is 0 Å². The number of halogens is 3. The second kappa shape index (κ2) is 5.12. The van der Waals surface area contributed by atoms with Crippen LogP contribution in [-0.4, -0.2) is 69.5 Å². The number of urea groups is 1. The first-order chi connectivity index (χ1) is 9.19. The van der Waals surface area contributed by atoms with Crippen LogP contribution in [0.2, 0.25) is 0 Å². The van der Waals surface area contributed by atoms with Crippen molar-refractivity contribution in [2.75, 3.05) is 13.1 Å². The number of carboxylic acid groups (broad SMARTS) is 1. The van der Waals surface area contributed by atoms with Crippen LogP contribution < -0.4 is 0 Å². The van der Waals surface area contributed by atoms with Crippen LogP contribution in [0.4, 0.5) is 18.0 Å². The van der Waals surface area contributed by atoms with Gasteiger partial charge in [-0.3, -0.25) is 0 Å². The average molecular weight is 296 g/mol. The molecule has 0 spiro atoms. The quantitative estimate of drug-likeness (QED) is 0.801. The highest BCUT2D eigenvalue weighted by Gasteiger charge is 2.46. The van der Waals surface area contributed by atoms with Crippen molar-refractivity contribution in [2.45, 2.75) is 43.6 Å². The Balaban J connectivity index is 2.12. The zero-order valence-electron chi connectivity index (χ0n) is 10.5. The Kier molecular flexibility index (Phi) is 3.81. The highest BCUT2D eigenvalue weighted by Crippen LogP contribution is 2.32. The molecule has 1 saturated carbocycles. The lowest BCUT2D eigenvalue weighted by atomic mass is 10.2. The number of carbonyl (C=O) groups is 2. The maximum Gasteiger partial charge on any atom is 0.406 e. The molecule has 0 unspecified atom stereocenters. The third-order valence-corrected chi connectivity index (χ3v) is 3.39. The van der Waals surface area contributed by atoms with Crippen molar-refractivity contribution in [3.8, 4) is 0 Å². The number of aliphatic carboxylic acids is 1. The van der Waals surface area contributed by atoms with Gasteiger partial charge in [-0.25, -0.2) is 9.59 Å². The van der Waals surface area contributed by atoms with Crippen LogP contribution in [0, 0.1) is 0 Å². The Hall–Kier alpha value is -1.51. The molecule has 2 N–H and O–H groups in total. The summed E-state index contributed by atoms with van der Waals surface area (Å²) in [5.41, 5.74) is 0. The molecule has 0 bridgehead atoms. The number of carbonyl (C=O) groups excluding carboxylic acids is 1.